The minimum atomic E-state index is -0.335. The minimum absolute atomic E-state index is 0.0563. The number of benzene rings is 1. The van der Waals surface area contributed by atoms with Gasteiger partial charge in [-0.05, 0) is 25.0 Å². The largest absolute Gasteiger partial charge is 0.484 e. The molecule has 1 atom stereocenters. The Balaban J connectivity index is 1.42. The van der Waals surface area contributed by atoms with Crippen molar-refractivity contribution in [3.63, 3.8) is 0 Å². The van der Waals surface area contributed by atoms with Crippen LogP contribution in [0.25, 0.3) is 0 Å². The van der Waals surface area contributed by atoms with Gasteiger partial charge in [0.25, 0.3) is 5.91 Å². The molecule has 1 aromatic carbocycles. The van der Waals surface area contributed by atoms with Crippen LogP contribution in [0.1, 0.15) is 12.8 Å². The Labute approximate surface area is 158 Å². The van der Waals surface area contributed by atoms with Crippen molar-refractivity contribution in [3.05, 3.63) is 30.3 Å². The molecule has 2 saturated heterocycles. The van der Waals surface area contributed by atoms with Gasteiger partial charge >= 0.3 is 0 Å². The summed E-state index contributed by atoms with van der Waals surface area (Å²) in [5.41, 5.74) is 0. The Bertz CT molecular complexity index is 667. The maximum absolute atomic E-state index is 12.4. The van der Waals surface area contributed by atoms with Gasteiger partial charge in [-0.2, -0.15) is 0 Å². The van der Waals surface area contributed by atoms with Gasteiger partial charge in [0.1, 0.15) is 5.75 Å². The molecule has 0 radical (unpaired) electrons. The van der Waals surface area contributed by atoms with Crippen molar-refractivity contribution in [2.75, 3.05) is 45.9 Å². The lowest BCUT2D eigenvalue weighted by Gasteiger charge is -2.41. The molecule has 27 heavy (non-hydrogen) atoms. The average molecular weight is 374 g/mol. The van der Waals surface area contributed by atoms with E-state index < -0.39 is 0 Å². The van der Waals surface area contributed by atoms with Crippen LogP contribution in [-0.4, -0.2) is 79.4 Å². The molecule has 8 heteroatoms. The Hall–Kier alpha value is -2.61. The minimum Gasteiger partial charge on any atom is -0.484 e. The van der Waals surface area contributed by atoms with Crippen molar-refractivity contribution in [2.24, 2.45) is 0 Å². The van der Waals surface area contributed by atoms with Gasteiger partial charge in [-0.15, -0.1) is 0 Å². The van der Waals surface area contributed by atoms with Crippen LogP contribution in [0.5, 0.6) is 5.75 Å². The van der Waals surface area contributed by atoms with E-state index in [-0.39, 0.29) is 36.9 Å². The van der Waals surface area contributed by atoms with Gasteiger partial charge in [0, 0.05) is 32.2 Å². The van der Waals surface area contributed by atoms with Crippen molar-refractivity contribution in [3.8, 4) is 5.75 Å². The zero-order valence-corrected chi connectivity index (χ0v) is 15.4. The lowest BCUT2D eigenvalue weighted by molar-refractivity contribution is -0.140. The summed E-state index contributed by atoms with van der Waals surface area (Å²) in [5.74, 6) is 0.235. The molecule has 3 rings (SSSR count). The molecule has 3 amide bonds. The van der Waals surface area contributed by atoms with E-state index >= 15 is 0 Å². The third-order valence-corrected chi connectivity index (χ3v) is 4.87. The van der Waals surface area contributed by atoms with Gasteiger partial charge in [-0.25, -0.2) is 0 Å². The highest BCUT2D eigenvalue weighted by molar-refractivity contribution is 5.85. The Morgan fingerprint density at radius 1 is 1.22 bits per heavy atom. The lowest BCUT2D eigenvalue weighted by atomic mass is 10.0. The van der Waals surface area contributed by atoms with Gasteiger partial charge in [-0.3, -0.25) is 14.4 Å². The third-order valence-electron chi connectivity index (χ3n) is 4.87. The molecule has 8 nitrogen and oxygen atoms in total. The Morgan fingerprint density at radius 2 is 2.04 bits per heavy atom. The smallest absolute Gasteiger partial charge is 0.258 e. The van der Waals surface area contributed by atoms with Crippen LogP contribution in [0.15, 0.2) is 30.3 Å². The predicted octanol–water partition coefficient (Wildman–Crippen LogP) is -0.396. The molecule has 1 aromatic rings. The summed E-state index contributed by atoms with van der Waals surface area (Å²) in [6.45, 7) is 2.83. The monoisotopic (exact) mass is 374 g/mol. The van der Waals surface area contributed by atoms with Crippen molar-refractivity contribution in [2.45, 2.75) is 18.9 Å². The van der Waals surface area contributed by atoms with E-state index in [1.165, 1.54) is 0 Å². The molecule has 2 fully saturated rings. The number of nitrogens with one attached hydrogen (secondary N) is 2. The fourth-order valence-electron chi connectivity index (χ4n) is 3.45. The van der Waals surface area contributed by atoms with E-state index in [4.69, 9.17) is 4.74 Å². The molecular weight excluding hydrogens is 348 g/mol. The SMILES string of the molecule is O=C(COc1ccccc1)NCC(=O)N1CCCC(N2CCNCC2=O)C1. The number of hydrogen-bond acceptors (Lipinski definition) is 5. The zero-order chi connectivity index (χ0) is 19.1. The second kappa shape index (κ2) is 9.36. The standard InChI is InChI=1S/C19H26N4O4/c24-17(14-27-16-6-2-1-3-7-16)21-12-18(25)22-9-4-5-15(13-22)23-10-8-20-11-19(23)26/h1-3,6-7,15,20H,4-5,8-14H2,(H,21,24). The fourth-order valence-corrected chi connectivity index (χ4v) is 3.45. The topological polar surface area (TPSA) is 91.0 Å². The van der Waals surface area contributed by atoms with Gasteiger partial charge in [0.2, 0.25) is 11.8 Å². The molecular formula is C19H26N4O4. The number of amides is 3. The first-order valence-corrected chi connectivity index (χ1v) is 9.36. The summed E-state index contributed by atoms with van der Waals surface area (Å²) < 4.78 is 5.37. The number of piperazine rings is 1. The van der Waals surface area contributed by atoms with Gasteiger partial charge < -0.3 is 25.2 Å². The summed E-state index contributed by atoms with van der Waals surface area (Å²) >= 11 is 0. The quantitative estimate of drug-likeness (QED) is 0.707. The molecule has 2 aliphatic heterocycles. The second-order valence-corrected chi connectivity index (χ2v) is 6.78. The number of nitrogens with zero attached hydrogens (tertiary/aromatic N) is 2. The normalized spacial score (nSPS) is 20.3. The van der Waals surface area contributed by atoms with Gasteiger partial charge in [0.05, 0.1) is 13.1 Å². The Kier molecular flexibility index (Phi) is 6.64. The molecule has 0 bridgehead atoms. The van der Waals surface area contributed by atoms with Crippen LogP contribution in [0.3, 0.4) is 0 Å². The Morgan fingerprint density at radius 3 is 2.81 bits per heavy atom. The molecule has 2 N–H and O–H groups in total. The first kappa shape index (κ1) is 19.2. The number of piperidine rings is 1. The highest BCUT2D eigenvalue weighted by Crippen LogP contribution is 2.17. The van der Waals surface area contributed by atoms with E-state index in [0.717, 1.165) is 19.4 Å². The van der Waals surface area contributed by atoms with Crippen LogP contribution < -0.4 is 15.4 Å². The van der Waals surface area contributed by atoms with E-state index in [9.17, 15) is 14.4 Å². The molecule has 146 valence electrons. The summed E-state index contributed by atoms with van der Waals surface area (Å²) in [4.78, 5) is 40.0. The molecule has 2 aliphatic rings. The lowest BCUT2D eigenvalue weighted by Crippen LogP contribution is -2.58. The molecule has 0 spiro atoms. The highest BCUT2D eigenvalue weighted by Gasteiger charge is 2.31. The number of hydrogen-bond donors (Lipinski definition) is 2. The average Bonchev–Trinajstić information content (AvgIpc) is 2.71. The molecule has 0 aromatic heterocycles. The maximum Gasteiger partial charge on any atom is 0.258 e. The summed E-state index contributed by atoms with van der Waals surface area (Å²) in [6.07, 6.45) is 1.77. The first-order valence-electron chi connectivity index (χ1n) is 9.36. The number of carbonyl (C=O) groups excluding carboxylic acids is 3. The maximum atomic E-state index is 12.4. The summed E-state index contributed by atoms with van der Waals surface area (Å²) in [5, 5.41) is 5.67. The number of para-hydroxylation sites is 1. The van der Waals surface area contributed by atoms with E-state index in [1.807, 2.05) is 23.1 Å². The van der Waals surface area contributed by atoms with Crippen molar-refractivity contribution < 1.29 is 19.1 Å². The fraction of sp³-hybridized carbons (Fsp3) is 0.526. The summed E-state index contributed by atoms with van der Waals surface area (Å²) in [7, 11) is 0. The number of likely N-dealkylation sites (tertiary alicyclic amines) is 1. The molecule has 1 unspecified atom stereocenters. The van der Waals surface area contributed by atoms with Crippen molar-refractivity contribution >= 4 is 17.7 Å². The van der Waals surface area contributed by atoms with Crippen LogP contribution in [0.4, 0.5) is 0 Å². The van der Waals surface area contributed by atoms with Crippen molar-refractivity contribution in [1.29, 1.82) is 0 Å². The predicted molar refractivity (Wildman–Crippen MR) is 99.1 cm³/mol. The molecule has 0 saturated carbocycles. The van der Waals surface area contributed by atoms with Crippen LogP contribution in [0.2, 0.25) is 0 Å². The number of rotatable bonds is 6. The summed E-state index contributed by atoms with van der Waals surface area (Å²) in [6, 6.07) is 9.12. The highest BCUT2D eigenvalue weighted by atomic mass is 16.5. The van der Waals surface area contributed by atoms with Crippen LogP contribution in [0, 0.1) is 0 Å². The zero-order valence-electron chi connectivity index (χ0n) is 15.4. The number of carbonyl (C=O) groups is 3. The van der Waals surface area contributed by atoms with E-state index in [2.05, 4.69) is 10.6 Å². The third kappa shape index (κ3) is 5.43. The molecule has 0 aliphatic carbocycles. The van der Waals surface area contributed by atoms with Gasteiger partial charge in [-0.1, -0.05) is 18.2 Å². The molecule has 2 heterocycles. The van der Waals surface area contributed by atoms with E-state index in [1.54, 1.807) is 17.0 Å². The van der Waals surface area contributed by atoms with Crippen LogP contribution >= 0.6 is 0 Å². The van der Waals surface area contributed by atoms with Crippen LogP contribution in [-0.2, 0) is 14.4 Å². The van der Waals surface area contributed by atoms with E-state index in [0.29, 0.717) is 31.9 Å². The number of ether oxygens (including phenoxy) is 1. The van der Waals surface area contributed by atoms with Gasteiger partial charge in [0.15, 0.2) is 6.61 Å². The first-order chi connectivity index (χ1) is 13.1. The second-order valence-electron chi connectivity index (χ2n) is 6.78. The van der Waals surface area contributed by atoms with Crippen molar-refractivity contribution in [1.82, 2.24) is 20.4 Å².